The summed E-state index contributed by atoms with van der Waals surface area (Å²) in [5.74, 6) is -0.115. The maximum Gasteiger partial charge on any atom is 0.246 e. The Kier molecular flexibility index (Phi) is 6.06. The van der Waals surface area contributed by atoms with Crippen molar-refractivity contribution in [1.82, 2.24) is 15.1 Å². The molecule has 3 atom stereocenters. The van der Waals surface area contributed by atoms with Gasteiger partial charge < -0.3 is 15.3 Å². The molecule has 1 aliphatic carbocycles. The third-order valence-corrected chi connectivity index (χ3v) is 5.39. The summed E-state index contributed by atoms with van der Waals surface area (Å²) < 4.78 is 0. The zero-order valence-corrected chi connectivity index (χ0v) is 15.2. The molecule has 0 radical (unpaired) electrons. The Morgan fingerprint density at radius 1 is 1.31 bits per heavy atom. The summed E-state index contributed by atoms with van der Waals surface area (Å²) in [6, 6.07) is 9.37. The second-order valence-corrected chi connectivity index (χ2v) is 7.07. The van der Waals surface area contributed by atoms with Crippen molar-refractivity contribution in [3.8, 4) is 0 Å². The molecule has 6 heteroatoms. The van der Waals surface area contributed by atoms with E-state index < -0.39 is 6.10 Å². The van der Waals surface area contributed by atoms with Crippen molar-refractivity contribution in [3.05, 3.63) is 42.0 Å². The van der Waals surface area contributed by atoms with Crippen LogP contribution >= 0.6 is 0 Å². The molecule has 140 valence electrons. The molecule has 2 N–H and O–H groups in total. The number of hydrogen-bond acceptors (Lipinski definition) is 4. The van der Waals surface area contributed by atoms with E-state index in [1.165, 1.54) is 0 Å². The summed E-state index contributed by atoms with van der Waals surface area (Å²) in [5.41, 5.74) is 0.968. The number of rotatable bonds is 4. The average Bonchev–Trinajstić information content (AvgIpc) is 2.66. The monoisotopic (exact) mass is 357 g/mol. The molecule has 1 aliphatic heterocycles. The van der Waals surface area contributed by atoms with E-state index in [1.54, 1.807) is 24.1 Å². The lowest BCUT2D eigenvalue weighted by Crippen LogP contribution is -2.60. The molecule has 3 rings (SSSR count). The van der Waals surface area contributed by atoms with E-state index in [0.717, 1.165) is 31.4 Å². The molecule has 0 bridgehead atoms. The zero-order valence-electron chi connectivity index (χ0n) is 15.2. The van der Waals surface area contributed by atoms with Crippen molar-refractivity contribution < 1.29 is 14.7 Å². The number of benzene rings is 1. The lowest BCUT2D eigenvalue weighted by atomic mass is 9.86. The van der Waals surface area contributed by atoms with E-state index in [1.807, 2.05) is 35.2 Å². The normalized spacial score (nSPS) is 27.3. The first-order valence-electron chi connectivity index (χ1n) is 9.25. The number of aliphatic hydroxyl groups excluding tert-OH is 1. The molecule has 2 aliphatic rings. The number of likely N-dealkylation sites (N-methyl/N-ethyl adjacent to an activating group) is 1. The first-order chi connectivity index (χ1) is 12.6. The van der Waals surface area contributed by atoms with Gasteiger partial charge in [-0.2, -0.15) is 0 Å². The van der Waals surface area contributed by atoms with Crippen LogP contribution in [0.25, 0.3) is 6.08 Å². The van der Waals surface area contributed by atoms with Gasteiger partial charge in [0, 0.05) is 32.3 Å². The van der Waals surface area contributed by atoms with Crippen LogP contribution in [0.2, 0.25) is 0 Å². The molecule has 1 aromatic carbocycles. The highest BCUT2D eigenvalue weighted by atomic mass is 16.3. The van der Waals surface area contributed by atoms with Crippen LogP contribution in [0.1, 0.15) is 24.8 Å². The van der Waals surface area contributed by atoms with Crippen LogP contribution in [-0.2, 0) is 9.59 Å². The van der Waals surface area contributed by atoms with E-state index in [0.29, 0.717) is 13.1 Å². The van der Waals surface area contributed by atoms with Gasteiger partial charge in [-0.05, 0) is 30.9 Å². The first-order valence-corrected chi connectivity index (χ1v) is 9.25. The van der Waals surface area contributed by atoms with Crippen LogP contribution in [0.15, 0.2) is 36.4 Å². The summed E-state index contributed by atoms with van der Waals surface area (Å²) >= 11 is 0. The van der Waals surface area contributed by atoms with Crippen LogP contribution in [0.3, 0.4) is 0 Å². The van der Waals surface area contributed by atoms with Gasteiger partial charge in [-0.1, -0.05) is 30.3 Å². The van der Waals surface area contributed by atoms with Crippen molar-refractivity contribution >= 4 is 17.9 Å². The van der Waals surface area contributed by atoms with E-state index >= 15 is 0 Å². The molecule has 2 fully saturated rings. The second-order valence-electron chi connectivity index (χ2n) is 7.07. The number of nitrogens with one attached hydrogen (secondary N) is 1. The predicted molar refractivity (Wildman–Crippen MR) is 100 cm³/mol. The van der Waals surface area contributed by atoms with E-state index in [4.69, 9.17) is 0 Å². The summed E-state index contributed by atoms with van der Waals surface area (Å²) in [5, 5.41) is 13.7. The van der Waals surface area contributed by atoms with Crippen molar-refractivity contribution in [3.63, 3.8) is 0 Å². The largest absolute Gasteiger partial charge is 0.389 e. The third-order valence-electron chi connectivity index (χ3n) is 5.39. The first kappa shape index (κ1) is 18.6. The van der Waals surface area contributed by atoms with Gasteiger partial charge in [-0.25, -0.2) is 0 Å². The Morgan fingerprint density at radius 3 is 2.81 bits per heavy atom. The van der Waals surface area contributed by atoms with Gasteiger partial charge in [0.2, 0.25) is 11.8 Å². The van der Waals surface area contributed by atoms with Crippen molar-refractivity contribution in [1.29, 1.82) is 0 Å². The van der Waals surface area contributed by atoms with Gasteiger partial charge in [-0.3, -0.25) is 14.5 Å². The number of aliphatic hydroxyl groups is 1. The second kappa shape index (κ2) is 8.47. The van der Waals surface area contributed by atoms with Gasteiger partial charge in [0.15, 0.2) is 0 Å². The quantitative estimate of drug-likeness (QED) is 0.785. The Hall–Kier alpha value is -2.18. The summed E-state index contributed by atoms with van der Waals surface area (Å²) in [6.07, 6.45) is 5.27. The van der Waals surface area contributed by atoms with Gasteiger partial charge in [0.05, 0.1) is 18.7 Å². The molecule has 0 aromatic heterocycles. The highest BCUT2D eigenvalue weighted by molar-refractivity contribution is 5.91. The summed E-state index contributed by atoms with van der Waals surface area (Å²) in [6.45, 7) is 1.67. The molecular formula is C20H27N3O3. The SMILES string of the molecule is CN(C(=O)C=Cc1ccccc1)[C@@H]1CCC[C@@H](N2CCNC(=O)C2)[C@@H]1O. The molecule has 6 nitrogen and oxygen atoms in total. The summed E-state index contributed by atoms with van der Waals surface area (Å²) in [4.78, 5) is 27.9. The topological polar surface area (TPSA) is 72.9 Å². The van der Waals surface area contributed by atoms with Crippen LogP contribution in [0, 0.1) is 0 Å². The molecular weight excluding hydrogens is 330 g/mol. The molecule has 0 spiro atoms. The Balaban J connectivity index is 1.64. The third kappa shape index (κ3) is 4.31. The van der Waals surface area contributed by atoms with Crippen LogP contribution in [0.5, 0.6) is 0 Å². The molecule has 1 saturated carbocycles. The summed E-state index contributed by atoms with van der Waals surface area (Å²) in [7, 11) is 1.75. The number of piperazine rings is 1. The smallest absolute Gasteiger partial charge is 0.246 e. The molecule has 1 saturated heterocycles. The highest BCUT2D eigenvalue weighted by Crippen LogP contribution is 2.27. The van der Waals surface area contributed by atoms with E-state index in [9.17, 15) is 14.7 Å². The van der Waals surface area contributed by atoms with Gasteiger partial charge in [-0.15, -0.1) is 0 Å². The van der Waals surface area contributed by atoms with Crippen LogP contribution < -0.4 is 5.32 Å². The Labute approximate surface area is 154 Å². The average molecular weight is 357 g/mol. The van der Waals surface area contributed by atoms with E-state index in [2.05, 4.69) is 5.32 Å². The van der Waals surface area contributed by atoms with Crippen molar-refractivity contribution in [2.75, 3.05) is 26.7 Å². The molecule has 1 aromatic rings. The minimum Gasteiger partial charge on any atom is -0.389 e. The zero-order chi connectivity index (χ0) is 18.5. The molecule has 0 unspecified atom stereocenters. The molecule has 1 heterocycles. The van der Waals surface area contributed by atoms with Gasteiger partial charge in [0.1, 0.15) is 0 Å². The molecule has 2 amide bonds. The van der Waals surface area contributed by atoms with Crippen LogP contribution in [0.4, 0.5) is 0 Å². The van der Waals surface area contributed by atoms with Gasteiger partial charge >= 0.3 is 0 Å². The minimum atomic E-state index is -0.645. The standard InChI is InChI=1S/C20H27N3O3/c1-22(19(25)11-10-15-6-3-2-4-7-15)16-8-5-9-17(20(16)26)23-13-12-21-18(24)14-23/h2-4,6-7,10-11,16-17,20,26H,5,8-9,12-14H2,1H3,(H,21,24)/t16-,17-,20-/m1/s1. The van der Waals surface area contributed by atoms with Crippen molar-refractivity contribution in [2.24, 2.45) is 0 Å². The minimum absolute atomic E-state index is 0.000740. The fraction of sp³-hybridized carbons (Fsp3) is 0.500. The molecule has 26 heavy (non-hydrogen) atoms. The van der Waals surface area contributed by atoms with E-state index in [-0.39, 0.29) is 23.9 Å². The highest BCUT2D eigenvalue weighted by Gasteiger charge is 2.39. The van der Waals surface area contributed by atoms with Crippen LogP contribution in [-0.4, -0.2) is 71.6 Å². The fourth-order valence-corrected chi connectivity index (χ4v) is 3.91. The number of carbonyl (C=O) groups excluding carboxylic acids is 2. The van der Waals surface area contributed by atoms with Gasteiger partial charge in [0.25, 0.3) is 0 Å². The predicted octanol–water partition coefficient (Wildman–Crippen LogP) is 0.872. The lowest BCUT2D eigenvalue weighted by molar-refractivity contribution is -0.135. The number of nitrogens with zero attached hydrogens (tertiary/aromatic N) is 2. The van der Waals surface area contributed by atoms with Crippen molar-refractivity contribution in [2.45, 2.75) is 37.5 Å². The Morgan fingerprint density at radius 2 is 2.08 bits per heavy atom. The number of hydrogen-bond donors (Lipinski definition) is 2. The lowest BCUT2D eigenvalue weighted by Gasteiger charge is -2.45. The number of carbonyl (C=O) groups is 2. The maximum absolute atomic E-state index is 12.5. The Bertz CT molecular complexity index is 662. The maximum atomic E-state index is 12.5. The fourth-order valence-electron chi connectivity index (χ4n) is 3.91. The number of amides is 2.